The van der Waals surface area contributed by atoms with Crippen molar-refractivity contribution in [1.29, 1.82) is 10.9 Å². The number of carbonyl (C=O) groups is 1. The van der Waals surface area contributed by atoms with E-state index in [-0.39, 0.29) is 52.3 Å². The van der Waals surface area contributed by atoms with Crippen LogP contribution in [0.5, 0.6) is 11.5 Å². The fourth-order valence-electron chi connectivity index (χ4n) is 10.9. The highest BCUT2D eigenvalue weighted by Gasteiger charge is 2.56. The number of nitriles is 1. The van der Waals surface area contributed by atoms with Gasteiger partial charge in [-0.2, -0.15) is 5.26 Å². The maximum atomic E-state index is 13.0. The first kappa shape index (κ1) is 28.3. The minimum atomic E-state index is -5.95. The molecule has 0 N–H and O–H groups in total. The number of likely N-dealkylation sites (N-methyl/N-ethyl adjacent to an activating group) is 1. The molecule has 4 fully saturated rings. The molecule has 55 heavy (non-hydrogen) atoms. The molecule has 0 spiro atoms. The summed E-state index contributed by atoms with van der Waals surface area (Å²) < 4.78 is 153. The molecule has 2 aromatic carbocycles. The molecule has 0 aromatic heterocycles. The van der Waals surface area contributed by atoms with E-state index in [1.165, 1.54) is 6.07 Å². The number of ether oxygens (including phenoxy) is 3. The van der Waals surface area contributed by atoms with E-state index in [2.05, 4.69) is 0 Å². The average Bonchev–Trinajstić information content (AvgIpc) is 3.19. The van der Waals surface area contributed by atoms with Crippen LogP contribution in [0.4, 0.5) is 22.4 Å². The lowest BCUT2D eigenvalue weighted by Gasteiger charge is -2.58. The molecule has 2 saturated heterocycles. The van der Waals surface area contributed by atoms with E-state index < -0.39 is 50.7 Å². The molecule has 306 valence electrons. The van der Waals surface area contributed by atoms with Crippen molar-refractivity contribution in [3.63, 3.8) is 0 Å². The second-order valence-electron chi connectivity index (χ2n) is 16.7. The Labute approximate surface area is 344 Å². The van der Waals surface area contributed by atoms with Crippen LogP contribution in [0.25, 0.3) is 0 Å². The Bertz CT molecular complexity index is 2210. The maximum Gasteiger partial charge on any atom is 0.410 e. The molecule has 2 saturated carbocycles. The molecule has 8 rings (SSSR count). The third-order valence-corrected chi connectivity index (χ3v) is 12.8. The fourth-order valence-corrected chi connectivity index (χ4v) is 10.9. The molecule has 2 aromatic rings. The molecule has 2 heterocycles. The molecule has 6 atom stereocenters. The van der Waals surface area contributed by atoms with Gasteiger partial charge in [0, 0.05) is 33.6 Å². The number of amides is 1. The van der Waals surface area contributed by atoms with Gasteiger partial charge in [0.15, 0.2) is 0 Å². The topological polar surface area (TPSA) is 75.0 Å². The highest BCUT2D eigenvalue weighted by molar-refractivity contribution is 7.85. The van der Waals surface area contributed by atoms with Gasteiger partial charge in [-0.25, -0.2) is 34.5 Å². The van der Waals surface area contributed by atoms with Gasteiger partial charge in [0.2, 0.25) is 0 Å². The Morgan fingerprint density at radius 3 is 1.89 bits per heavy atom. The Hall–Kier alpha value is -3.17. The lowest BCUT2D eigenvalue weighted by atomic mass is 9.52. The zero-order chi connectivity index (χ0) is 50.0. The third-order valence-electron chi connectivity index (χ3n) is 12.8. The number of halogens is 4. The van der Waals surface area contributed by atoms with E-state index in [9.17, 15) is 22.4 Å². The van der Waals surface area contributed by atoms with Crippen LogP contribution in [0, 0.1) is 22.5 Å². The van der Waals surface area contributed by atoms with E-state index >= 15 is 0 Å². The van der Waals surface area contributed by atoms with Crippen LogP contribution < -0.4 is 9.47 Å². The number of fused-ring (bicyclic) bond motifs is 2. The number of thiocyanates is 1. The largest absolute Gasteiger partial charge is 0.488 e. The van der Waals surface area contributed by atoms with E-state index in [4.69, 9.17) is 34.7 Å². The van der Waals surface area contributed by atoms with Crippen molar-refractivity contribution in [3.05, 3.63) is 58.7 Å². The predicted molar refractivity (Wildman–Crippen MR) is 213 cm³/mol. The molecule has 6 aliphatic rings. The molecule has 1 amide bonds. The highest BCUT2D eigenvalue weighted by Crippen LogP contribution is 2.57. The summed E-state index contributed by atoms with van der Waals surface area (Å²) in [5.41, 5.74) is 3.38. The lowest BCUT2D eigenvalue weighted by Crippen LogP contribution is -2.62. The first-order valence-corrected chi connectivity index (χ1v) is 19.8. The van der Waals surface area contributed by atoms with Crippen molar-refractivity contribution in [1.82, 2.24) is 9.80 Å². The molecule has 7 nitrogen and oxygen atoms in total. The second-order valence-corrected chi connectivity index (χ2v) is 16.9. The van der Waals surface area contributed by atoms with Gasteiger partial charge in [0.1, 0.15) is 30.2 Å². The summed E-state index contributed by atoms with van der Waals surface area (Å²) in [6, 6.07) is 10.2. The third kappa shape index (κ3) is 8.73. The number of piperidine rings is 2. The highest BCUT2D eigenvalue weighted by atomic mass is 32.1. The van der Waals surface area contributed by atoms with E-state index in [0.717, 1.165) is 80.0 Å². The Kier molecular flexibility index (Phi) is 8.80. The van der Waals surface area contributed by atoms with Gasteiger partial charge in [-0.3, -0.25) is 0 Å². The minimum absolute atomic E-state index is 0.0478. The molecule has 4 bridgehead atoms. The number of hydrogen-bond acceptors (Lipinski definition) is 6. The van der Waals surface area contributed by atoms with Crippen LogP contribution >= 0.6 is 12.1 Å². The Balaban J connectivity index is 0.000000191. The van der Waals surface area contributed by atoms with Gasteiger partial charge in [0.05, 0.1) is 16.5 Å². The summed E-state index contributed by atoms with van der Waals surface area (Å²) in [5, 5.41) is 8.49. The minimum Gasteiger partial charge on any atom is -0.488 e. The second kappa shape index (κ2) is 17.1. The van der Waals surface area contributed by atoms with Gasteiger partial charge >= 0.3 is 6.09 Å². The number of alkyl halides is 4. The van der Waals surface area contributed by atoms with Crippen LogP contribution in [-0.4, -0.2) is 85.2 Å². The predicted octanol–water partition coefficient (Wildman–Crippen LogP) is 8.67. The van der Waals surface area contributed by atoms with E-state index in [0.29, 0.717) is 37.8 Å². The average molecular weight is 804 g/mol. The van der Waals surface area contributed by atoms with Crippen LogP contribution in [0.2, 0.25) is 0 Å². The smallest absolute Gasteiger partial charge is 0.410 e. The van der Waals surface area contributed by atoms with Crippen LogP contribution in [0.3, 0.4) is 0 Å². The standard InChI is InChI=1S/C23H31F2NO3.C19H25F2NO.CH5NS/c1-22(2,3)29-21(27)26-11-10-23-9-5-4-6-17(23)19(26)12-15-7-8-16(13-18(15)23)28-14-20(24)25;1-22-9-8-19-7-3-2-4-15(19)17(22)10-13-5-6-14(11-16(13)19)23-12-18(20)21;2-1-3/h7-8,13,17,19-20H,4-6,9-12,14H2,1-3H3;5-6,11,15,17-18H,2-4,7-10,12H2,1H3;3H5/t17-,19+,23+;15-,17+,19+;/m11./s1/i14D2;1D3,12D2;3D5. The van der Waals surface area contributed by atoms with Crippen molar-refractivity contribution in [2.24, 2.45) is 11.8 Å². The number of hydrogen-bond donors (Lipinski definition) is 0. The van der Waals surface area contributed by atoms with Crippen LogP contribution in [0.15, 0.2) is 36.4 Å². The summed E-state index contributed by atoms with van der Waals surface area (Å²) in [5.74, 6) is 0.734. The van der Waals surface area contributed by atoms with Crippen molar-refractivity contribution >= 4 is 18.2 Å². The van der Waals surface area contributed by atoms with E-state index in [1.807, 2.05) is 31.7 Å². The van der Waals surface area contributed by atoms with E-state index in [1.54, 1.807) is 29.2 Å². The first-order chi connectivity index (χ1) is 30.5. The Morgan fingerprint density at radius 2 is 1.40 bits per heavy atom. The summed E-state index contributed by atoms with van der Waals surface area (Å²) in [7, 11) is 0. The monoisotopic (exact) mass is 804 g/mol. The van der Waals surface area contributed by atoms with Crippen LogP contribution in [0.1, 0.15) is 117 Å². The van der Waals surface area contributed by atoms with Crippen molar-refractivity contribution in [2.45, 2.75) is 139 Å². The lowest BCUT2D eigenvalue weighted by molar-refractivity contribution is -0.0349. The summed E-state index contributed by atoms with van der Waals surface area (Å²) in [4.78, 5) is 16.5. The fraction of sp³-hybridized carbons (Fsp3) is 0.674. The zero-order valence-electron chi connectivity index (χ0n) is 43.7. The maximum absolute atomic E-state index is 13.0. The van der Waals surface area contributed by atoms with Crippen molar-refractivity contribution in [3.8, 4) is 16.9 Å². The van der Waals surface area contributed by atoms with Gasteiger partial charge < -0.3 is 24.0 Å². The molecule has 0 unspecified atom stereocenters. The van der Waals surface area contributed by atoms with Gasteiger partial charge in [-0.05, 0) is 144 Å². The zero-order valence-corrected chi connectivity index (χ0v) is 32.5. The number of rotatable bonds is 6. The first-order valence-electron chi connectivity index (χ1n) is 24.9. The van der Waals surface area contributed by atoms with Crippen LogP contribution in [-0.2, 0) is 28.4 Å². The molecular weight excluding hydrogens is 731 g/mol. The molecular formula is C43H61F4N3O4S. The van der Waals surface area contributed by atoms with Crippen molar-refractivity contribution in [2.75, 3.05) is 33.2 Å². The number of likely N-dealkylation sites (tertiary alicyclic amines) is 2. The molecule has 2 aliphatic heterocycles. The van der Waals surface area contributed by atoms with Gasteiger partial charge in [0.25, 0.3) is 12.9 Å². The van der Waals surface area contributed by atoms with Gasteiger partial charge in [-0.1, -0.05) is 37.8 Å². The Morgan fingerprint density at radius 1 is 0.891 bits per heavy atom. The number of carbonyl (C=O) groups excluding carboxylic acids is 1. The molecule has 4 aliphatic carbocycles. The molecule has 0 radical (unpaired) electrons. The number of nitrogens with zero attached hydrogens (tertiary/aromatic N) is 3. The summed E-state index contributed by atoms with van der Waals surface area (Å²) in [6.45, 7) is -1.50. The normalized spacial score (nSPS) is 34.7. The van der Waals surface area contributed by atoms with Crippen molar-refractivity contribution < 1.29 is 46.2 Å². The molecule has 12 heteroatoms. The summed E-state index contributed by atoms with van der Waals surface area (Å²) >= 11 is -5.95. The summed E-state index contributed by atoms with van der Waals surface area (Å²) in [6.07, 6.45) is 4.24. The SMILES string of the molecule is [2H]C([2H])(Oc1ccc2c(c1)[C@]13CCCC[C@@H]1[C@H](C2)N(C(=O)OC(C)(C)C)CC3)C(F)F.[2H]C([2H])(Oc1ccc2c(c1)[C@]13CCCC[C@@H]1[C@H](C2)N(C([2H])([2H])[2H])CC3)C(F)F.[2H]S([2H])([2H])([2H])([2H])C#N. The number of benzene rings is 2. The quantitative estimate of drug-likeness (QED) is 0.215. The van der Waals surface area contributed by atoms with Gasteiger partial charge in [-0.15, -0.1) is 0 Å².